The molecule has 0 aliphatic heterocycles. The van der Waals surface area contributed by atoms with Crippen molar-refractivity contribution < 1.29 is 22.0 Å². The van der Waals surface area contributed by atoms with Crippen molar-refractivity contribution in [2.75, 3.05) is 0 Å². The van der Waals surface area contributed by atoms with Crippen LogP contribution in [0.5, 0.6) is 0 Å². The van der Waals surface area contributed by atoms with Crippen LogP contribution in [0.1, 0.15) is 0 Å². The van der Waals surface area contributed by atoms with Gasteiger partial charge in [-0.05, 0) is 9.47 Å². The van der Waals surface area contributed by atoms with Crippen molar-refractivity contribution >= 4 is 60.9 Å². The van der Waals surface area contributed by atoms with Gasteiger partial charge in [-0.1, -0.05) is 0 Å². The molecular weight excluding hydrogens is 142 g/mol. The minimum absolute atomic E-state index is 0. The average Bonchev–Trinajstić information content (AvgIpc) is 1.00. The van der Waals surface area contributed by atoms with E-state index >= 15 is 0 Å². The second-order valence-electron chi connectivity index (χ2n) is 0. The summed E-state index contributed by atoms with van der Waals surface area (Å²) in [6.45, 7) is 0. The summed E-state index contributed by atoms with van der Waals surface area (Å²) in [6, 6.07) is 0. The molecule has 0 aromatic rings. The fraction of sp³-hybridized carbons (Fsp3) is 0. The molecule has 0 heterocycles. The fourth-order valence-corrected chi connectivity index (χ4v) is 0. The van der Waals surface area contributed by atoms with Gasteiger partial charge in [0.25, 0.3) is 0 Å². The SMILES string of the molecule is OP.[Fe].[KH]. The Morgan fingerprint density at radius 3 is 1.25 bits per heavy atom. The van der Waals surface area contributed by atoms with E-state index < -0.39 is 0 Å². The van der Waals surface area contributed by atoms with Crippen molar-refractivity contribution in [3.8, 4) is 0 Å². The molecule has 0 saturated carbocycles. The van der Waals surface area contributed by atoms with Crippen LogP contribution in [-0.2, 0) is 17.1 Å². The average molecular weight is 146 g/mol. The van der Waals surface area contributed by atoms with Gasteiger partial charge in [0.15, 0.2) is 0 Å². The van der Waals surface area contributed by atoms with Crippen molar-refractivity contribution in [2.45, 2.75) is 0 Å². The number of rotatable bonds is 0. The Labute approximate surface area is 81.1 Å². The molecule has 0 aliphatic carbocycles. The van der Waals surface area contributed by atoms with E-state index in [-0.39, 0.29) is 68.5 Å². The molecule has 4 heavy (non-hydrogen) atoms. The van der Waals surface area contributed by atoms with E-state index in [1.165, 1.54) is 9.47 Å². The van der Waals surface area contributed by atoms with Crippen LogP contribution in [0, 0.1) is 0 Å². The molecule has 0 aliphatic rings. The summed E-state index contributed by atoms with van der Waals surface area (Å²) in [6.07, 6.45) is 0. The van der Waals surface area contributed by atoms with E-state index in [1.54, 1.807) is 0 Å². The molecule has 0 bridgehead atoms. The third kappa shape index (κ3) is 8.82. The van der Waals surface area contributed by atoms with Gasteiger partial charge in [0.1, 0.15) is 0 Å². The van der Waals surface area contributed by atoms with E-state index in [4.69, 9.17) is 4.89 Å². The number of hydrogen-bond donors (Lipinski definition) is 1. The summed E-state index contributed by atoms with van der Waals surface area (Å²) in [4.78, 5) is 6.92. The zero-order valence-electron chi connectivity index (χ0n) is 1.38. The Balaban J connectivity index is -0.00000000500. The van der Waals surface area contributed by atoms with Gasteiger partial charge in [0.05, 0.1) is 0 Å². The molecule has 1 unspecified atom stereocenters. The first-order chi connectivity index (χ1) is 1.00. The van der Waals surface area contributed by atoms with Crippen molar-refractivity contribution in [1.82, 2.24) is 0 Å². The van der Waals surface area contributed by atoms with E-state index in [0.717, 1.165) is 0 Å². The first-order valence-corrected chi connectivity index (χ1v) is 0.775. The van der Waals surface area contributed by atoms with Crippen LogP contribution >= 0.6 is 9.47 Å². The molecule has 24 valence electrons. The molecule has 0 amide bonds. The maximum absolute atomic E-state index is 6.92. The number of hydrogen-bond acceptors (Lipinski definition) is 1. The van der Waals surface area contributed by atoms with E-state index in [1.807, 2.05) is 0 Å². The Morgan fingerprint density at radius 2 is 1.25 bits per heavy atom. The van der Waals surface area contributed by atoms with Crippen LogP contribution in [0.15, 0.2) is 0 Å². The zero-order chi connectivity index (χ0) is 2.00. The predicted octanol–water partition coefficient (Wildman–Crippen LogP) is -0.882. The molecule has 0 aromatic heterocycles. The van der Waals surface area contributed by atoms with Crippen LogP contribution < -0.4 is 0 Å². The van der Waals surface area contributed by atoms with Crippen LogP contribution in [-0.4, -0.2) is 56.3 Å². The van der Waals surface area contributed by atoms with Gasteiger partial charge in [-0.25, -0.2) is 0 Å². The van der Waals surface area contributed by atoms with Gasteiger partial charge < -0.3 is 4.89 Å². The van der Waals surface area contributed by atoms with Gasteiger partial charge in [-0.2, -0.15) is 0 Å². The molecule has 0 radical (unpaired) electrons. The minimum atomic E-state index is 0. The van der Waals surface area contributed by atoms with E-state index in [2.05, 4.69) is 0 Å². The third-order valence-electron chi connectivity index (χ3n) is 0. The van der Waals surface area contributed by atoms with Gasteiger partial charge in [-0.15, -0.1) is 0 Å². The monoisotopic (exact) mass is 146 g/mol. The molecule has 1 N–H and O–H groups in total. The topological polar surface area (TPSA) is 20.2 Å². The summed E-state index contributed by atoms with van der Waals surface area (Å²) in [5.41, 5.74) is 0. The molecule has 0 aromatic carbocycles. The summed E-state index contributed by atoms with van der Waals surface area (Å²) in [5.74, 6) is 0. The van der Waals surface area contributed by atoms with Gasteiger partial charge in [0.2, 0.25) is 0 Å². The quantitative estimate of drug-likeness (QED) is 0.347. The van der Waals surface area contributed by atoms with Crippen molar-refractivity contribution in [2.24, 2.45) is 0 Å². The molecule has 0 saturated heterocycles. The van der Waals surface area contributed by atoms with Crippen LogP contribution in [0.4, 0.5) is 0 Å². The standard InChI is InChI=1S/Fe.K.H3OP.H/c;;1-2;/h;;1H,2H2;. The van der Waals surface area contributed by atoms with Crippen molar-refractivity contribution in [3.63, 3.8) is 0 Å². The van der Waals surface area contributed by atoms with Gasteiger partial charge in [-0.3, -0.25) is 0 Å². The molecule has 0 fully saturated rings. The third-order valence-corrected chi connectivity index (χ3v) is 0. The maximum atomic E-state index is 6.92. The first kappa shape index (κ1) is 16.0. The molecule has 1 nitrogen and oxygen atoms in total. The zero-order valence-corrected chi connectivity index (χ0v) is 3.64. The Bertz CT molecular complexity index is 8.00. The van der Waals surface area contributed by atoms with Crippen LogP contribution in [0.25, 0.3) is 0 Å². The van der Waals surface area contributed by atoms with Crippen LogP contribution in [0.2, 0.25) is 0 Å². The summed E-state index contributed by atoms with van der Waals surface area (Å²) in [5, 5.41) is 0. The van der Waals surface area contributed by atoms with Crippen molar-refractivity contribution in [3.05, 3.63) is 0 Å². The molecule has 0 spiro atoms. The second-order valence-corrected chi connectivity index (χ2v) is 0. The summed E-state index contributed by atoms with van der Waals surface area (Å²) < 4.78 is 0. The van der Waals surface area contributed by atoms with Crippen molar-refractivity contribution in [1.29, 1.82) is 0 Å². The van der Waals surface area contributed by atoms with Gasteiger partial charge in [0, 0.05) is 17.1 Å². The molecular formula is H4FeKOP. The Morgan fingerprint density at radius 1 is 1.25 bits per heavy atom. The summed E-state index contributed by atoms with van der Waals surface area (Å²) >= 11 is 0. The first-order valence-electron chi connectivity index (χ1n) is 0.258. The Kier molecular flexibility index (Phi) is 70.8. The predicted molar refractivity (Wildman–Crippen MR) is 19.1 cm³/mol. The Hall–Kier alpha value is 2.55. The normalized spacial score (nSPS) is 1.50. The fourth-order valence-electron chi connectivity index (χ4n) is 0. The molecule has 0 rings (SSSR count). The molecule has 4 heteroatoms. The second kappa shape index (κ2) is 17.7. The van der Waals surface area contributed by atoms with Crippen LogP contribution in [0.3, 0.4) is 0 Å². The molecule has 1 atom stereocenters. The van der Waals surface area contributed by atoms with E-state index in [9.17, 15) is 0 Å². The summed E-state index contributed by atoms with van der Waals surface area (Å²) in [7, 11) is 1.42. The van der Waals surface area contributed by atoms with Gasteiger partial charge >= 0.3 is 51.4 Å². The van der Waals surface area contributed by atoms with E-state index in [0.29, 0.717) is 0 Å².